The summed E-state index contributed by atoms with van der Waals surface area (Å²) in [5.74, 6) is 0.933. The number of hydrogen-bond donors (Lipinski definition) is 2. The van der Waals surface area contributed by atoms with Gasteiger partial charge < -0.3 is 28.6 Å². The largest absolute Gasteiger partial charge is 0.443 e. The van der Waals surface area contributed by atoms with Crippen LogP contribution in [0.2, 0.25) is 0 Å². The van der Waals surface area contributed by atoms with Gasteiger partial charge in [-0.3, -0.25) is 12.0 Å². The van der Waals surface area contributed by atoms with Crippen molar-refractivity contribution in [3.63, 3.8) is 0 Å². The van der Waals surface area contributed by atoms with Gasteiger partial charge in [-0.05, 0) is 67.1 Å². The van der Waals surface area contributed by atoms with Crippen molar-refractivity contribution in [2.24, 2.45) is 21.7 Å². The van der Waals surface area contributed by atoms with E-state index in [2.05, 4.69) is 81.4 Å². The minimum atomic E-state index is -0.707. The van der Waals surface area contributed by atoms with Crippen molar-refractivity contribution in [2.75, 3.05) is 0 Å². The second-order valence-corrected chi connectivity index (χ2v) is 17.5. The van der Waals surface area contributed by atoms with E-state index in [0.717, 1.165) is 17.9 Å². The summed E-state index contributed by atoms with van der Waals surface area (Å²) in [7, 11) is 0. The molecular formula is C48H89O2Y29-3. The monoisotopic (exact) mass is 3280 g/mol. The van der Waals surface area contributed by atoms with Gasteiger partial charge >= 0.3 is 0 Å². The van der Waals surface area contributed by atoms with Crippen molar-refractivity contribution in [1.29, 1.82) is 0 Å². The maximum atomic E-state index is 10.7. The van der Waals surface area contributed by atoms with Gasteiger partial charge in [-0.1, -0.05) is 183 Å². The van der Waals surface area contributed by atoms with E-state index in [9.17, 15) is 10.2 Å². The van der Waals surface area contributed by atoms with E-state index < -0.39 is 12.2 Å². The van der Waals surface area contributed by atoms with Crippen molar-refractivity contribution in [3.8, 4) is 0 Å². The molecule has 0 spiro atoms. The first-order valence-electron chi connectivity index (χ1n) is 22.1. The zero-order valence-electron chi connectivity index (χ0n) is 52.6. The molecule has 1 aliphatic rings. The average molecular weight is 3280 g/mol. The zero-order chi connectivity index (χ0) is 37.7. The van der Waals surface area contributed by atoms with Gasteiger partial charge in [0.2, 0.25) is 0 Å². The molecule has 0 bridgehead atoms. The molecule has 31 heteroatoms. The van der Waals surface area contributed by atoms with Crippen LogP contribution in [0.5, 0.6) is 0 Å². The standard InChI is InChI=1S/C48H89O2.29Y/c1-12-18-22-25-27-28-34-45(9,10)48(36-29-24-20-14-3,37-30-26-23-19-13-2)46(11,35-21-15-4)47(17-6,33-16-5)40(7)31-32-42-38-43(49)39-44(50)41(42)8;;;;;;;;;;;;;;;;;;;;;;;;;;;;;/h31-32,38-39,43-44,49-50H,12-30,33-37H2,1-11H3;;;;;;;;;;;;;;;;;;;;;;;;;;;;;/q-3;;;;;;;;;;;;;;;;;;;;;;;;;;;;;/b40-31+,42-32+;;;;;;;;;;;;;;;;;;;;;;;;;;;;;/t43-,44+,46-,47-,48+;;;;;;;;;;;;;;;;;;;;;;;;;;;;;/m1............................./s1. The van der Waals surface area contributed by atoms with E-state index in [4.69, 9.17) is 0 Å². The molecule has 2 N–H and O–H groups in total. The van der Waals surface area contributed by atoms with E-state index in [1.54, 1.807) is 6.42 Å². The van der Waals surface area contributed by atoms with E-state index in [1.165, 1.54) is 153 Å². The van der Waals surface area contributed by atoms with Gasteiger partial charge in [-0.2, -0.15) is 6.08 Å². The van der Waals surface area contributed by atoms with Gasteiger partial charge in [-0.25, -0.2) is 0 Å². The molecule has 29 radical (unpaired) electrons. The van der Waals surface area contributed by atoms with E-state index >= 15 is 0 Å². The van der Waals surface area contributed by atoms with Crippen LogP contribution in [0.4, 0.5) is 0 Å². The molecule has 0 aromatic rings. The normalized spacial score (nSPS) is 13.9. The Morgan fingerprint density at radius 3 is 1.04 bits per heavy atom. The third kappa shape index (κ3) is 85.4. The molecule has 0 amide bonds. The SMILES string of the molecule is CCCCCCCCC(C)(C)[C@](CCCCCC)(CCCCCCC)[C@](C)(CCCC)[C@](CC)(CCC)/C(C)=C/C=C1\[CH-][C@@H](O)[CH-][C@H](O)[C-]1C.[Y].[Y].[Y].[Y].[Y].[Y].[Y].[Y].[Y].[Y].[Y].[Y].[Y].[Y].[Y].[Y].[Y].[Y].[Y].[Y].[Y].[Y].[Y].[Y].[Y].[Y].[Y].[Y].[Y]. The molecule has 0 heterocycles. The Bertz CT molecular complexity index is 1010. The number of aliphatic hydroxyl groups excluding tert-OH is 2. The Hall–Kier alpha value is 31.2. The Morgan fingerprint density at radius 1 is 0.418 bits per heavy atom. The molecule has 5 atom stereocenters. The molecule has 79 heavy (non-hydrogen) atoms. The molecular weight excluding hydrogens is 3190 g/mol. The summed E-state index contributed by atoms with van der Waals surface area (Å²) in [4.78, 5) is 0. The van der Waals surface area contributed by atoms with Gasteiger partial charge in [0.05, 0.1) is 0 Å². The summed E-state index contributed by atoms with van der Waals surface area (Å²) in [6.45, 7) is 27.0. The van der Waals surface area contributed by atoms with Crippen molar-refractivity contribution in [3.05, 3.63) is 42.1 Å². The molecule has 0 aliphatic heterocycles. The Kier molecular flexibility index (Phi) is 334. The van der Waals surface area contributed by atoms with Crippen LogP contribution in [-0.4, -0.2) is 22.4 Å². The number of allylic oxidation sites excluding steroid dienone is 3. The van der Waals surface area contributed by atoms with Crippen LogP contribution in [0.3, 0.4) is 0 Å². The van der Waals surface area contributed by atoms with Crippen LogP contribution in [0.1, 0.15) is 230 Å². The van der Waals surface area contributed by atoms with Crippen molar-refractivity contribution in [2.45, 2.75) is 242 Å². The third-order valence-corrected chi connectivity index (χ3v) is 13.9. The van der Waals surface area contributed by atoms with Crippen LogP contribution in [0.25, 0.3) is 0 Å². The molecule has 383 valence electrons. The number of rotatable bonds is 29. The summed E-state index contributed by atoms with van der Waals surface area (Å²) in [6.07, 6.45) is 38.4. The summed E-state index contributed by atoms with van der Waals surface area (Å²) >= 11 is 0. The van der Waals surface area contributed by atoms with E-state index in [1.807, 2.05) is 13.3 Å². The quantitative estimate of drug-likeness (QED) is 0.0579. The second-order valence-electron chi connectivity index (χ2n) is 17.5. The van der Waals surface area contributed by atoms with Crippen molar-refractivity contribution in [1.82, 2.24) is 0 Å². The summed E-state index contributed by atoms with van der Waals surface area (Å²) in [5.41, 5.74) is 3.14. The van der Waals surface area contributed by atoms with E-state index in [-0.39, 0.29) is 970 Å². The first-order valence-corrected chi connectivity index (χ1v) is 22.1. The molecule has 0 saturated heterocycles. The fraction of sp³-hybridized carbons (Fsp3) is 0.854. The maximum Gasteiger partial charge on any atom is 0 e. The van der Waals surface area contributed by atoms with Crippen LogP contribution in [-0.2, 0) is 949 Å². The number of aliphatic hydroxyl groups is 2. The Balaban J connectivity index is -0.0000000319. The molecule has 2 nitrogen and oxygen atoms in total. The Labute approximate surface area is 1230 Å². The molecule has 0 aromatic heterocycles. The smallest absolute Gasteiger partial charge is 0 e. The van der Waals surface area contributed by atoms with Gasteiger partial charge in [0.15, 0.2) is 0 Å². The third-order valence-electron chi connectivity index (χ3n) is 13.9. The summed E-state index contributed by atoms with van der Waals surface area (Å²) < 4.78 is 0. The first kappa shape index (κ1) is 199. The van der Waals surface area contributed by atoms with Gasteiger partial charge in [0.25, 0.3) is 0 Å². The molecule has 0 unspecified atom stereocenters. The topological polar surface area (TPSA) is 40.5 Å². The zero-order valence-corrected chi connectivity index (χ0v) is 135. The van der Waals surface area contributed by atoms with Crippen LogP contribution in [0.15, 0.2) is 23.3 Å². The van der Waals surface area contributed by atoms with Crippen LogP contribution >= 0.6 is 0 Å². The number of unbranched alkanes of at least 4 members (excludes halogenated alkanes) is 13. The van der Waals surface area contributed by atoms with E-state index in [0.29, 0.717) is 0 Å². The van der Waals surface area contributed by atoms with Crippen LogP contribution in [0, 0.1) is 40.4 Å². The molecule has 1 saturated carbocycles. The summed E-state index contributed by atoms with van der Waals surface area (Å²) in [6, 6.07) is 0. The predicted octanol–water partition coefficient (Wildman–Crippen LogP) is 15.0. The number of hydrogen-bond acceptors (Lipinski definition) is 2. The summed E-state index contributed by atoms with van der Waals surface area (Å²) in [5, 5.41) is 21.1. The fourth-order valence-electron chi connectivity index (χ4n) is 10.7. The molecule has 1 aliphatic carbocycles. The van der Waals surface area contributed by atoms with Crippen molar-refractivity contribution >= 4 is 0 Å². The molecule has 1 rings (SSSR count). The first-order chi connectivity index (χ1) is 23.8. The van der Waals surface area contributed by atoms with Crippen LogP contribution < -0.4 is 0 Å². The molecule has 0 aromatic carbocycles. The fourth-order valence-corrected chi connectivity index (χ4v) is 10.7. The maximum absolute atomic E-state index is 10.7. The average Bonchev–Trinajstić information content (AvgIpc) is 3.09. The van der Waals surface area contributed by atoms with Gasteiger partial charge in [-0.15, -0.1) is 19.1 Å². The Morgan fingerprint density at radius 2 is 0.722 bits per heavy atom. The minimum absolute atomic E-state index is 0. The second kappa shape index (κ2) is 133. The van der Waals surface area contributed by atoms with Gasteiger partial charge in [0, 0.05) is 949 Å². The molecule has 1 fully saturated rings. The van der Waals surface area contributed by atoms with Crippen molar-refractivity contribution < 1.29 is 959 Å². The van der Waals surface area contributed by atoms with Gasteiger partial charge in [0.1, 0.15) is 0 Å². The predicted molar refractivity (Wildman–Crippen MR) is 223 cm³/mol. The minimum Gasteiger partial charge on any atom is -0.443 e.